The topological polar surface area (TPSA) is 99.8 Å². The lowest BCUT2D eigenvalue weighted by Crippen LogP contribution is -2.23. The maximum Gasteiger partial charge on any atom is 0.255 e. The minimum Gasteiger partial charge on any atom is -0.496 e. The SMILES string of the molecule is COc1cc(-n2cnnn2)c(Cl)cc1C(=O)NCc1cccc(Cn2cccn2)c1. The summed E-state index contributed by atoms with van der Waals surface area (Å²) < 4.78 is 8.62. The minimum absolute atomic E-state index is 0.297. The molecule has 0 aliphatic rings. The van der Waals surface area contributed by atoms with Crippen molar-refractivity contribution in [3.63, 3.8) is 0 Å². The largest absolute Gasteiger partial charge is 0.496 e. The third-order valence-electron chi connectivity index (χ3n) is 4.46. The highest BCUT2D eigenvalue weighted by atomic mass is 35.5. The van der Waals surface area contributed by atoms with Crippen LogP contribution in [0.1, 0.15) is 21.5 Å². The van der Waals surface area contributed by atoms with Crippen molar-refractivity contribution in [1.82, 2.24) is 35.3 Å². The number of benzene rings is 2. The number of carbonyl (C=O) groups is 1. The Bertz CT molecular complexity index is 1140. The van der Waals surface area contributed by atoms with Gasteiger partial charge in [0.15, 0.2) is 0 Å². The number of hydrogen-bond donors (Lipinski definition) is 1. The van der Waals surface area contributed by atoms with Gasteiger partial charge in [0.1, 0.15) is 12.1 Å². The van der Waals surface area contributed by atoms with Crippen molar-refractivity contribution in [2.75, 3.05) is 7.11 Å². The van der Waals surface area contributed by atoms with Crippen LogP contribution >= 0.6 is 11.6 Å². The second kappa shape index (κ2) is 8.75. The van der Waals surface area contributed by atoms with E-state index in [1.165, 1.54) is 18.1 Å². The molecule has 9 nitrogen and oxygen atoms in total. The van der Waals surface area contributed by atoms with Crippen LogP contribution in [0.25, 0.3) is 5.69 Å². The van der Waals surface area contributed by atoms with Crippen LogP contribution in [0.3, 0.4) is 0 Å². The average Bonchev–Trinajstić information content (AvgIpc) is 3.46. The van der Waals surface area contributed by atoms with Crippen LogP contribution in [0.4, 0.5) is 0 Å². The van der Waals surface area contributed by atoms with Gasteiger partial charge >= 0.3 is 0 Å². The van der Waals surface area contributed by atoms with E-state index >= 15 is 0 Å². The van der Waals surface area contributed by atoms with Crippen molar-refractivity contribution >= 4 is 17.5 Å². The first-order valence-electron chi connectivity index (χ1n) is 9.08. The van der Waals surface area contributed by atoms with Crippen LogP contribution in [-0.2, 0) is 13.1 Å². The van der Waals surface area contributed by atoms with E-state index in [0.717, 1.165) is 11.1 Å². The predicted molar refractivity (Wildman–Crippen MR) is 110 cm³/mol. The van der Waals surface area contributed by atoms with E-state index in [9.17, 15) is 4.79 Å². The highest BCUT2D eigenvalue weighted by molar-refractivity contribution is 6.33. The summed E-state index contributed by atoms with van der Waals surface area (Å²) in [7, 11) is 1.49. The van der Waals surface area contributed by atoms with E-state index in [1.807, 2.05) is 41.2 Å². The Labute approximate surface area is 177 Å². The summed E-state index contributed by atoms with van der Waals surface area (Å²) in [6, 6.07) is 13.0. The third-order valence-corrected chi connectivity index (χ3v) is 4.76. The second-order valence-corrected chi connectivity index (χ2v) is 6.87. The number of methoxy groups -OCH3 is 1. The monoisotopic (exact) mass is 423 g/mol. The molecule has 0 aliphatic carbocycles. The van der Waals surface area contributed by atoms with Crippen LogP contribution in [0.2, 0.25) is 5.02 Å². The average molecular weight is 424 g/mol. The summed E-state index contributed by atoms with van der Waals surface area (Å²) in [5, 5.41) is 18.5. The van der Waals surface area contributed by atoms with Crippen LogP contribution < -0.4 is 10.1 Å². The minimum atomic E-state index is -0.297. The van der Waals surface area contributed by atoms with Gasteiger partial charge in [-0.2, -0.15) is 9.78 Å². The van der Waals surface area contributed by atoms with E-state index in [0.29, 0.717) is 35.1 Å². The van der Waals surface area contributed by atoms with Crippen molar-refractivity contribution in [2.24, 2.45) is 0 Å². The molecule has 10 heteroatoms. The fourth-order valence-corrected chi connectivity index (χ4v) is 3.28. The van der Waals surface area contributed by atoms with Crippen LogP contribution in [0.5, 0.6) is 5.75 Å². The lowest BCUT2D eigenvalue weighted by molar-refractivity contribution is 0.0948. The molecule has 0 fully saturated rings. The summed E-state index contributed by atoms with van der Waals surface area (Å²) in [5.41, 5.74) is 2.91. The molecule has 152 valence electrons. The molecular weight excluding hydrogens is 406 g/mol. The smallest absolute Gasteiger partial charge is 0.255 e. The van der Waals surface area contributed by atoms with Gasteiger partial charge in [-0.1, -0.05) is 35.9 Å². The summed E-state index contributed by atoms with van der Waals surface area (Å²) in [6.45, 7) is 1.03. The molecule has 1 N–H and O–H groups in total. The molecule has 0 saturated heterocycles. The number of nitrogens with one attached hydrogen (secondary N) is 1. The van der Waals surface area contributed by atoms with Crippen LogP contribution in [-0.4, -0.2) is 43.0 Å². The molecule has 30 heavy (non-hydrogen) atoms. The van der Waals surface area contributed by atoms with E-state index in [-0.39, 0.29) is 5.91 Å². The van der Waals surface area contributed by atoms with Gasteiger partial charge < -0.3 is 10.1 Å². The van der Waals surface area contributed by atoms with Crippen molar-refractivity contribution in [3.8, 4) is 11.4 Å². The maximum absolute atomic E-state index is 12.8. The van der Waals surface area contributed by atoms with Gasteiger partial charge in [-0.05, 0) is 33.7 Å². The molecule has 0 aliphatic heterocycles. The van der Waals surface area contributed by atoms with Crippen molar-refractivity contribution < 1.29 is 9.53 Å². The Hall–Kier alpha value is -3.72. The Morgan fingerprint density at radius 1 is 1.20 bits per heavy atom. The van der Waals surface area contributed by atoms with E-state index in [4.69, 9.17) is 16.3 Å². The fourth-order valence-electron chi connectivity index (χ4n) is 3.03. The Morgan fingerprint density at radius 2 is 2.07 bits per heavy atom. The van der Waals surface area contributed by atoms with Crippen LogP contribution in [0.15, 0.2) is 61.2 Å². The molecule has 1 amide bonds. The zero-order chi connectivity index (χ0) is 20.9. The molecule has 0 radical (unpaired) electrons. The third kappa shape index (κ3) is 4.31. The Balaban J connectivity index is 1.48. The van der Waals surface area contributed by atoms with Crippen molar-refractivity contribution in [1.29, 1.82) is 0 Å². The summed E-state index contributed by atoms with van der Waals surface area (Å²) >= 11 is 6.34. The molecule has 2 heterocycles. The van der Waals surface area contributed by atoms with Gasteiger partial charge in [0.25, 0.3) is 5.91 Å². The maximum atomic E-state index is 12.8. The number of carbonyl (C=O) groups excluding carboxylic acids is 1. The van der Waals surface area contributed by atoms with E-state index < -0.39 is 0 Å². The molecule has 0 unspecified atom stereocenters. The first kappa shape index (κ1) is 19.6. The number of halogens is 1. The zero-order valence-corrected chi connectivity index (χ0v) is 16.8. The lowest BCUT2D eigenvalue weighted by Gasteiger charge is -2.13. The highest BCUT2D eigenvalue weighted by Crippen LogP contribution is 2.29. The molecule has 0 atom stereocenters. The molecule has 2 aromatic heterocycles. The number of hydrogen-bond acceptors (Lipinski definition) is 6. The van der Waals surface area contributed by atoms with E-state index in [1.54, 1.807) is 18.3 Å². The van der Waals surface area contributed by atoms with Gasteiger partial charge in [-0.15, -0.1) is 5.10 Å². The standard InChI is InChI=1S/C20H18ClN7O2/c1-30-19-10-18(28-13-23-25-26-28)17(21)9-16(19)20(29)22-11-14-4-2-5-15(8-14)12-27-7-3-6-24-27/h2-10,13H,11-12H2,1H3,(H,22,29). The molecule has 0 bridgehead atoms. The normalized spacial score (nSPS) is 10.7. The quantitative estimate of drug-likeness (QED) is 0.490. The van der Waals surface area contributed by atoms with Crippen molar-refractivity contribution in [3.05, 3.63) is 82.9 Å². The Morgan fingerprint density at radius 3 is 2.80 bits per heavy atom. The lowest BCUT2D eigenvalue weighted by atomic mass is 10.1. The summed E-state index contributed by atoms with van der Waals surface area (Å²) in [4.78, 5) is 12.8. The number of aromatic nitrogens is 6. The van der Waals surface area contributed by atoms with Gasteiger partial charge in [-0.3, -0.25) is 9.48 Å². The van der Waals surface area contributed by atoms with Crippen LogP contribution in [0, 0.1) is 0 Å². The number of amides is 1. The molecule has 4 aromatic rings. The zero-order valence-electron chi connectivity index (χ0n) is 16.1. The number of tetrazole rings is 1. The van der Waals surface area contributed by atoms with Gasteiger partial charge in [0.05, 0.1) is 29.9 Å². The fraction of sp³-hybridized carbons (Fsp3) is 0.150. The molecule has 0 spiro atoms. The first-order chi connectivity index (χ1) is 14.6. The number of nitrogens with zero attached hydrogens (tertiary/aromatic N) is 6. The summed E-state index contributed by atoms with van der Waals surface area (Å²) in [5.74, 6) is 0.0735. The Kier molecular flexibility index (Phi) is 5.71. The van der Waals surface area contributed by atoms with Gasteiger partial charge in [0.2, 0.25) is 0 Å². The predicted octanol–water partition coefficient (Wildman–Crippen LogP) is 2.50. The molecule has 4 rings (SSSR count). The van der Waals surface area contributed by atoms with E-state index in [2.05, 4.69) is 25.9 Å². The number of ether oxygens (including phenoxy) is 1. The number of rotatable bonds is 7. The molecule has 0 saturated carbocycles. The van der Waals surface area contributed by atoms with Gasteiger partial charge in [-0.25, -0.2) is 0 Å². The molecule has 2 aromatic carbocycles. The second-order valence-electron chi connectivity index (χ2n) is 6.46. The highest BCUT2D eigenvalue weighted by Gasteiger charge is 2.17. The van der Waals surface area contributed by atoms with Gasteiger partial charge in [0, 0.05) is 25.0 Å². The summed E-state index contributed by atoms with van der Waals surface area (Å²) in [6.07, 6.45) is 5.06. The molecular formula is C20H18ClN7O2. The first-order valence-corrected chi connectivity index (χ1v) is 9.46. The van der Waals surface area contributed by atoms with Crippen molar-refractivity contribution in [2.45, 2.75) is 13.1 Å².